The number of rotatable bonds is 5. The Morgan fingerprint density at radius 2 is 1.84 bits per heavy atom. The number of nitrogens with zero attached hydrogens (tertiary/aromatic N) is 1. The highest BCUT2D eigenvalue weighted by molar-refractivity contribution is 6.02. The standard InChI is InChI=1S/C14H15NO4/c1-11(16)15(10-9-14(18)19)13(17)8-7-12-5-3-2-4-6-12/h2-8H,9-10H2,1H3,(H,18,19). The summed E-state index contributed by atoms with van der Waals surface area (Å²) in [7, 11) is 0. The van der Waals surface area contributed by atoms with E-state index in [4.69, 9.17) is 5.11 Å². The van der Waals surface area contributed by atoms with Crippen LogP contribution in [0.1, 0.15) is 18.9 Å². The highest BCUT2D eigenvalue weighted by Gasteiger charge is 2.16. The van der Waals surface area contributed by atoms with Gasteiger partial charge in [-0.1, -0.05) is 30.3 Å². The van der Waals surface area contributed by atoms with Crippen LogP contribution in [0.5, 0.6) is 0 Å². The summed E-state index contributed by atoms with van der Waals surface area (Å²) in [5.41, 5.74) is 0.831. The molecule has 0 radical (unpaired) electrons. The van der Waals surface area contributed by atoms with Gasteiger partial charge in [-0.2, -0.15) is 0 Å². The molecule has 0 aliphatic heterocycles. The number of hydrogen-bond donors (Lipinski definition) is 1. The molecular weight excluding hydrogens is 246 g/mol. The van der Waals surface area contributed by atoms with Crippen LogP contribution in [0.2, 0.25) is 0 Å². The topological polar surface area (TPSA) is 74.7 Å². The molecule has 0 saturated heterocycles. The van der Waals surface area contributed by atoms with E-state index < -0.39 is 17.8 Å². The molecule has 0 aliphatic rings. The van der Waals surface area contributed by atoms with E-state index in [1.54, 1.807) is 6.08 Å². The molecule has 0 unspecified atom stereocenters. The summed E-state index contributed by atoms with van der Waals surface area (Å²) in [5, 5.41) is 8.57. The zero-order valence-corrected chi connectivity index (χ0v) is 10.6. The Morgan fingerprint density at radius 1 is 1.21 bits per heavy atom. The van der Waals surface area contributed by atoms with Gasteiger partial charge in [-0.3, -0.25) is 19.3 Å². The van der Waals surface area contributed by atoms with Crippen LogP contribution in [0.15, 0.2) is 36.4 Å². The number of carboxylic acid groups (broad SMARTS) is 1. The van der Waals surface area contributed by atoms with Crippen molar-refractivity contribution in [3.63, 3.8) is 0 Å². The van der Waals surface area contributed by atoms with Crippen LogP contribution in [-0.2, 0) is 14.4 Å². The van der Waals surface area contributed by atoms with Crippen molar-refractivity contribution in [1.82, 2.24) is 4.90 Å². The molecule has 0 bridgehead atoms. The maximum atomic E-state index is 11.8. The highest BCUT2D eigenvalue weighted by Crippen LogP contribution is 2.03. The Kier molecular flexibility index (Phi) is 5.47. The normalized spacial score (nSPS) is 10.4. The van der Waals surface area contributed by atoms with Gasteiger partial charge in [-0.05, 0) is 11.6 Å². The smallest absolute Gasteiger partial charge is 0.305 e. The summed E-state index contributed by atoms with van der Waals surface area (Å²) in [4.78, 5) is 34.5. The number of aliphatic carboxylic acids is 1. The summed E-state index contributed by atoms with van der Waals surface area (Å²) < 4.78 is 0. The zero-order valence-electron chi connectivity index (χ0n) is 10.6. The Hall–Kier alpha value is -2.43. The largest absolute Gasteiger partial charge is 0.481 e. The lowest BCUT2D eigenvalue weighted by molar-refractivity contribution is -0.142. The average Bonchev–Trinajstić information content (AvgIpc) is 2.37. The SMILES string of the molecule is CC(=O)N(CCC(=O)O)C(=O)C=Cc1ccccc1. The van der Waals surface area contributed by atoms with Gasteiger partial charge in [0, 0.05) is 19.5 Å². The number of carboxylic acids is 1. The molecule has 5 heteroatoms. The third-order valence-corrected chi connectivity index (χ3v) is 2.41. The first-order chi connectivity index (χ1) is 9.00. The van der Waals surface area contributed by atoms with Gasteiger partial charge in [0.1, 0.15) is 0 Å². The van der Waals surface area contributed by atoms with Crippen LogP contribution in [-0.4, -0.2) is 34.3 Å². The minimum absolute atomic E-state index is 0.122. The summed E-state index contributed by atoms with van der Waals surface area (Å²) in [6.45, 7) is 1.11. The number of hydrogen-bond acceptors (Lipinski definition) is 3. The van der Waals surface area contributed by atoms with E-state index in [1.807, 2.05) is 30.3 Å². The van der Waals surface area contributed by atoms with Crippen molar-refractivity contribution in [1.29, 1.82) is 0 Å². The maximum absolute atomic E-state index is 11.8. The number of amides is 2. The Balaban J connectivity index is 2.69. The van der Waals surface area contributed by atoms with Crippen LogP contribution in [0, 0.1) is 0 Å². The van der Waals surface area contributed by atoms with Crippen molar-refractivity contribution >= 4 is 23.9 Å². The van der Waals surface area contributed by atoms with Crippen LogP contribution in [0.25, 0.3) is 6.08 Å². The summed E-state index contributed by atoms with van der Waals surface area (Å²) >= 11 is 0. The van der Waals surface area contributed by atoms with E-state index in [1.165, 1.54) is 13.0 Å². The molecule has 1 N–H and O–H groups in total. The molecule has 0 aliphatic carbocycles. The molecule has 1 aromatic rings. The summed E-state index contributed by atoms with van der Waals surface area (Å²) in [5.74, 6) is -2.03. The van der Waals surface area contributed by atoms with Crippen molar-refractivity contribution < 1.29 is 19.5 Å². The molecule has 2 amide bonds. The molecule has 0 heterocycles. The van der Waals surface area contributed by atoms with Gasteiger partial charge in [-0.25, -0.2) is 0 Å². The van der Waals surface area contributed by atoms with Gasteiger partial charge < -0.3 is 5.11 Å². The van der Waals surface area contributed by atoms with Gasteiger partial charge in [0.05, 0.1) is 6.42 Å². The first kappa shape index (κ1) is 14.6. The van der Waals surface area contributed by atoms with E-state index in [2.05, 4.69) is 0 Å². The van der Waals surface area contributed by atoms with Crippen LogP contribution >= 0.6 is 0 Å². The molecule has 0 atom stereocenters. The van der Waals surface area contributed by atoms with Crippen LogP contribution < -0.4 is 0 Å². The Labute approximate surface area is 111 Å². The molecule has 5 nitrogen and oxygen atoms in total. The first-order valence-corrected chi connectivity index (χ1v) is 5.77. The third kappa shape index (κ3) is 5.16. The first-order valence-electron chi connectivity index (χ1n) is 5.77. The van der Waals surface area contributed by atoms with Gasteiger partial charge in [0.25, 0.3) is 5.91 Å². The number of carbonyl (C=O) groups is 3. The molecule has 100 valence electrons. The number of imide groups is 1. The summed E-state index contributed by atoms with van der Waals surface area (Å²) in [6.07, 6.45) is 2.59. The van der Waals surface area contributed by atoms with Gasteiger partial charge >= 0.3 is 5.97 Å². The molecular formula is C14H15NO4. The van der Waals surface area contributed by atoms with Crippen LogP contribution in [0.4, 0.5) is 0 Å². The second kappa shape index (κ2) is 7.10. The minimum Gasteiger partial charge on any atom is -0.481 e. The van der Waals surface area contributed by atoms with Crippen LogP contribution in [0.3, 0.4) is 0 Å². The highest BCUT2D eigenvalue weighted by atomic mass is 16.4. The van der Waals surface area contributed by atoms with E-state index in [0.717, 1.165) is 10.5 Å². The van der Waals surface area contributed by atoms with Crippen molar-refractivity contribution in [3.8, 4) is 0 Å². The van der Waals surface area contributed by atoms with E-state index >= 15 is 0 Å². The van der Waals surface area contributed by atoms with Gasteiger partial charge in [0.2, 0.25) is 5.91 Å². The molecule has 0 spiro atoms. The monoisotopic (exact) mass is 261 g/mol. The summed E-state index contributed by atoms with van der Waals surface area (Å²) in [6, 6.07) is 9.15. The van der Waals surface area contributed by atoms with Crippen molar-refractivity contribution in [2.75, 3.05) is 6.54 Å². The predicted octanol–water partition coefficient (Wildman–Crippen LogP) is 1.55. The fourth-order valence-electron chi connectivity index (χ4n) is 1.45. The molecule has 0 aromatic heterocycles. The molecule has 1 rings (SSSR count). The fourth-order valence-corrected chi connectivity index (χ4v) is 1.45. The maximum Gasteiger partial charge on any atom is 0.305 e. The van der Waals surface area contributed by atoms with Gasteiger partial charge in [-0.15, -0.1) is 0 Å². The lowest BCUT2D eigenvalue weighted by Gasteiger charge is -2.15. The fraction of sp³-hybridized carbons (Fsp3) is 0.214. The van der Waals surface area contributed by atoms with Crippen molar-refractivity contribution in [2.45, 2.75) is 13.3 Å². The quantitative estimate of drug-likeness (QED) is 0.816. The van der Waals surface area contributed by atoms with E-state index in [0.29, 0.717) is 0 Å². The number of benzene rings is 1. The van der Waals surface area contributed by atoms with E-state index in [9.17, 15) is 14.4 Å². The molecule has 1 aromatic carbocycles. The van der Waals surface area contributed by atoms with E-state index in [-0.39, 0.29) is 13.0 Å². The lowest BCUT2D eigenvalue weighted by atomic mass is 10.2. The minimum atomic E-state index is -1.05. The average molecular weight is 261 g/mol. The Morgan fingerprint density at radius 3 is 2.37 bits per heavy atom. The second-order valence-electron chi connectivity index (χ2n) is 3.90. The third-order valence-electron chi connectivity index (χ3n) is 2.41. The molecule has 19 heavy (non-hydrogen) atoms. The molecule has 0 fully saturated rings. The van der Waals surface area contributed by atoms with Crippen molar-refractivity contribution in [2.24, 2.45) is 0 Å². The lowest BCUT2D eigenvalue weighted by Crippen LogP contribution is -2.35. The Bertz CT molecular complexity index is 493. The van der Waals surface area contributed by atoms with Crippen molar-refractivity contribution in [3.05, 3.63) is 42.0 Å². The van der Waals surface area contributed by atoms with Gasteiger partial charge in [0.15, 0.2) is 0 Å². The second-order valence-corrected chi connectivity index (χ2v) is 3.90. The predicted molar refractivity (Wildman–Crippen MR) is 70.1 cm³/mol. The molecule has 0 saturated carbocycles. The number of carbonyl (C=O) groups excluding carboxylic acids is 2. The zero-order chi connectivity index (χ0) is 14.3.